The summed E-state index contributed by atoms with van der Waals surface area (Å²) >= 11 is 0. The van der Waals surface area contributed by atoms with Crippen LogP contribution in [-0.2, 0) is 11.3 Å². The monoisotopic (exact) mass is 321 g/mol. The molecule has 1 saturated carbocycles. The normalized spacial score (nSPS) is 15.6. The van der Waals surface area contributed by atoms with Crippen molar-refractivity contribution in [3.05, 3.63) is 29.8 Å². The van der Waals surface area contributed by atoms with Crippen molar-refractivity contribution in [3.63, 3.8) is 0 Å². The fourth-order valence-corrected chi connectivity index (χ4v) is 2.63. The van der Waals surface area contributed by atoms with Gasteiger partial charge in [0, 0.05) is 18.5 Å². The van der Waals surface area contributed by atoms with Gasteiger partial charge in [0.25, 0.3) is 0 Å². The van der Waals surface area contributed by atoms with Crippen molar-refractivity contribution in [1.29, 1.82) is 0 Å². The van der Waals surface area contributed by atoms with Gasteiger partial charge in [-0.25, -0.2) is 0 Å². The van der Waals surface area contributed by atoms with E-state index in [1.54, 1.807) is 0 Å². The Bertz CT molecular complexity index is 502. The Kier molecular flexibility index (Phi) is 6.86. The first-order chi connectivity index (χ1) is 11.1. The number of carbonyl (C=O) groups is 1. The molecule has 0 aromatic heterocycles. The minimum Gasteiger partial charge on any atom is -0.493 e. The fraction of sp³-hybridized carbons (Fsp3) is 0.611. The molecule has 2 N–H and O–H groups in total. The van der Waals surface area contributed by atoms with E-state index in [9.17, 15) is 9.90 Å². The Labute approximate surface area is 137 Å². The maximum absolute atomic E-state index is 10.5. The van der Waals surface area contributed by atoms with Crippen molar-refractivity contribution in [3.8, 4) is 5.75 Å². The summed E-state index contributed by atoms with van der Waals surface area (Å²) in [6.45, 7) is 1.25. The molecule has 1 aliphatic rings. The predicted octanol–water partition coefficient (Wildman–Crippen LogP) is 2.87. The number of para-hydroxylation sites is 1. The van der Waals surface area contributed by atoms with Crippen LogP contribution in [0.4, 0.5) is 0 Å². The molecule has 128 valence electrons. The molecule has 1 aromatic carbocycles. The van der Waals surface area contributed by atoms with Crippen LogP contribution in [0.3, 0.4) is 0 Å². The second-order valence-electron chi connectivity index (χ2n) is 6.33. The molecule has 0 bridgehead atoms. The first-order valence-corrected chi connectivity index (χ1v) is 8.38. The Hall–Kier alpha value is -1.59. The van der Waals surface area contributed by atoms with E-state index < -0.39 is 5.97 Å². The highest BCUT2D eigenvalue weighted by Crippen LogP contribution is 2.34. The maximum atomic E-state index is 10.5. The molecule has 0 spiro atoms. The molecule has 1 unspecified atom stereocenters. The zero-order valence-electron chi connectivity index (χ0n) is 13.8. The van der Waals surface area contributed by atoms with Gasteiger partial charge in [-0.3, -0.25) is 9.69 Å². The third-order valence-electron chi connectivity index (χ3n) is 4.18. The zero-order chi connectivity index (χ0) is 16.7. The van der Waals surface area contributed by atoms with E-state index in [2.05, 4.69) is 0 Å². The molecular formula is C18H27NO4. The van der Waals surface area contributed by atoms with Gasteiger partial charge in [0.05, 0.1) is 6.61 Å². The molecule has 1 atom stereocenters. The van der Waals surface area contributed by atoms with Crippen LogP contribution in [0.5, 0.6) is 5.75 Å². The molecule has 1 aromatic rings. The highest BCUT2D eigenvalue weighted by atomic mass is 16.5. The lowest BCUT2D eigenvalue weighted by Gasteiger charge is -2.24. The number of aliphatic carboxylic acids is 1. The summed E-state index contributed by atoms with van der Waals surface area (Å²) in [6.07, 6.45) is 4.47. The van der Waals surface area contributed by atoms with E-state index in [-0.39, 0.29) is 12.6 Å². The van der Waals surface area contributed by atoms with Gasteiger partial charge < -0.3 is 14.9 Å². The van der Waals surface area contributed by atoms with Crippen molar-refractivity contribution >= 4 is 5.97 Å². The quantitative estimate of drug-likeness (QED) is 0.484. The highest BCUT2D eigenvalue weighted by molar-refractivity contribution is 5.66. The first kappa shape index (κ1) is 17.8. The first-order valence-electron chi connectivity index (χ1n) is 8.38. The molecule has 0 heterocycles. The molecular weight excluding hydrogens is 294 g/mol. The number of benzene rings is 1. The van der Waals surface area contributed by atoms with Gasteiger partial charge >= 0.3 is 5.97 Å². The average Bonchev–Trinajstić information content (AvgIpc) is 3.36. The van der Waals surface area contributed by atoms with E-state index in [1.165, 1.54) is 0 Å². The second-order valence-corrected chi connectivity index (χ2v) is 6.33. The van der Waals surface area contributed by atoms with Crippen molar-refractivity contribution in [1.82, 2.24) is 4.90 Å². The van der Waals surface area contributed by atoms with Gasteiger partial charge in [0.1, 0.15) is 12.0 Å². The van der Waals surface area contributed by atoms with Crippen LogP contribution in [0.2, 0.25) is 0 Å². The molecule has 23 heavy (non-hydrogen) atoms. The largest absolute Gasteiger partial charge is 0.493 e. The molecule has 5 nitrogen and oxygen atoms in total. The third kappa shape index (κ3) is 6.20. The van der Waals surface area contributed by atoms with Crippen LogP contribution in [0.1, 0.15) is 44.1 Å². The summed E-state index contributed by atoms with van der Waals surface area (Å²) in [5, 5.41) is 18.8. The third-order valence-corrected chi connectivity index (χ3v) is 4.18. The number of carboxylic acid groups (broad SMARTS) is 1. The number of hydrogen-bond donors (Lipinski definition) is 2. The lowest BCUT2D eigenvalue weighted by molar-refractivity contribution is -0.137. The molecule has 2 rings (SSSR count). The number of aliphatic hydroxyl groups is 1. The van der Waals surface area contributed by atoms with Crippen LogP contribution in [0, 0.1) is 5.92 Å². The van der Waals surface area contributed by atoms with Gasteiger partial charge in [-0.1, -0.05) is 18.2 Å². The Morgan fingerprint density at radius 3 is 2.74 bits per heavy atom. The number of rotatable bonds is 11. The van der Waals surface area contributed by atoms with Crippen LogP contribution >= 0.6 is 0 Å². The van der Waals surface area contributed by atoms with Crippen LogP contribution in [0.15, 0.2) is 24.3 Å². The number of nitrogens with zero attached hydrogens (tertiary/aromatic N) is 1. The summed E-state index contributed by atoms with van der Waals surface area (Å²) in [5.74, 6) is 0.524. The minimum atomic E-state index is -0.742. The molecule has 0 saturated heterocycles. The molecule has 0 amide bonds. The topological polar surface area (TPSA) is 70.0 Å². The lowest BCUT2D eigenvalue weighted by atomic mass is 10.1. The SMILES string of the molecule is CN(Cc1ccccc1OCCCCCC(=O)O)C(O)C1CC1. The molecule has 1 aliphatic carbocycles. The fourth-order valence-electron chi connectivity index (χ4n) is 2.63. The van der Waals surface area contributed by atoms with Crippen LogP contribution in [-0.4, -0.2) is 41.0 Å². The lowest BCUT2D eigenvalue weighted by Crippen LogP contribution is -2.32. The Morgan fingerprint density at radius 1 is 1.30 bits per heavy atom. The molecule has 5 heteroatoms. The zero-order valence-corrected chi connectivity index (χ0v) is 13.8. The Balaban J connectivity index is 1.76. The van der Waals surface area contributed by atoms with E-state index in [4.69, 9.17) is 9.84 Å². The van der Waals surface area contributed by atoms with Gasteiger partial charge in [-0.05, 0) is 51.1 Å². The van der Waals surface area contributed by atoms with Gasteiger partial charge in [-0.2, -0.15) is 0 Å². The highest BCUT2D eigenvalue weighted by Gasteiger charge is 2.32. The summed E-state index contributed by atoms with van der Waals surface area (Å²) in [5.41, 5.74) is 1.07. The van der Waals surface area contributed by atoms with Crippen LogP contribution in [0.25, 0.3) is 0 Å². The van der Waals surface area contributed by atoms with Gasteiger partial charge in [-0.15, -0.1) is 0 Å². The van der Waals surface area contributed by atoms with E-state index in [1.807, 2.05) is 36.2 Å². The van der Waals surface area contributed by atoms with Crippen molar-refractivity contribution < 1.29 is 19.7 Å². The van der Waals surface area contributed by atoms with E-state index in [0.717, 1.165) is 37.0 Å². The minimum absolute atomic E-state index is 0.223. The van der Waals surface area contributed by atoms with E-state index >= 15 is 0 Å². The smallest absolute Gasteiger partial charge is 0.303 e. The summed E-state index contributed by atoms with van der Waals surface area (Å²) in [4.78, 5) is 12.4. The summed E-state index contributed by atoms with van der Waals surface area (Å²) < 4.78 is 5.85. The number of hydrogen-bond acceptors (Lipinski definition) is 4. The van der Waals surface area contributed by atoms with Gasteiger partial charge in [0.15, 0.2) is 0 Å². The number of unbranched alkanes of at least 4 members (excludes halogenated alkanes) is 2. The van der Waals surface area contributed by atoms with Crippen molar-refractivity contribution in [2.75, 3.05) is 13.7 Å². The summed E-state index contributed by atoms with van der Waals surface area (Å²) in [7, 11) is 1.94. The number of carboxylic acids is 1. The Morgan fingerprint density at radius 2 is 2.04 bits per heavy atom. The number of aliphatic hydroxyl groups excluding tert-OH is 1. The summed E-state index contributed by atoms with van der Waals surface area (Å²) in [6, 6.07) is 7.90. The van der Waals surface area contributed by atoms with Crippen LogP contribution < -0.4 is 4.74 Å². The maximum Gasteiger partial charge on any atom is 0.303 e. The second kappa shape index (κ2) is 8.89. The predicted molar refractivity (Wildman–Crippen MR) is 88.2 cm³/mol. The average molecular weight is 321 g/mol. The molecule has 0 aliphatic heterocycles. The molecule has 1 fully saturated rings. The number of ether oxygens (including phenoxy) is 1. The van der Waals surface area contributed by atoms with Crippen molar-refractivity contribution in [2.45, 2.75) is 51.3 Å². The van der Waals surface area contributed by atoms with Crippen molar-refractivity contribution in [2.24, 2.45) is 5.92 Å². The van der Waals surface area contributed by atoms with Gasteiger partial charge in [0.2, 0.25) is 0 Å². The van der Waals surface area contributed by atoms with E-state index in [0.29, 0.717) is 25.5 Å². The molecule has 0 radical (unpaired) electrons. The standard InChI is InChI=1S/C18H27NO4/c1-19(18(22)14-10-11-14)13-15-7-4-5-8-16(15)23-12-6-2-3-9-17(20)21/h4-5,7-8,14,18,22H,2-3,6,9-13H2,1H3,(H,20,21).